The van der Waals surface area contributed by atoms with Gasteiger partial charge in [0.2, 0.25) is 5.95 Å². The van der Waals surface area contributed by atoms with Gasteiger partial charge in [0.1, 0.15) is 17.5 Å². The van der Waals surface area contributed by atoms with Gasteiger partial charge in [-0.05, 0) is 35.2 Å². The minimum Gasteiger partial charge on any atom is -0.338 e. The van der Waals surface area contributed by atoms with Crippen LogP contribution in [0.15, 0.2) is 54.7 Å². The quantitative estimate of drug-likeness (QED) is 0.646. The number of nitrogens with zero attached hydrogens (tertiary/aromatic N) is 2. The minimum atomic E-state index is -0.684. The molecule has 0 saturated heterocycles. The van der Waals surface area contributed by atoms with Crippen molar-refractivity contribution in [2.75, 3.05) is 10.6 Å². The normalized spacial score (nSPS) is 11.3. The van der Waals surface area contributed by atoms with E-state index in [2.05, 4.69) is 47.4 Å². The molecule has 0 unspecified atom stereocenters. The summed E-state index contributed by atoms with van der Waals surface area (Å²) in [5.41, 5.74) is 2.14. The van der Waals surface area contributed by atoms with E-state index in [-0.39, 0.29) is 11.1 Å². The molecule has 0 aliphatic rings. The van der Waals surface area contributed by atoms with Crippen LogP contribution in [0.1, 0.15) is 26.3 Å². The Kier molecular flexibility index (Phi) is 4.84. The number of hydrogen-bond donors (Lipinski definition) is 2. The average Bonchev–Trinajstić information content (AvgIpc) is 2.57. The van der Waals surface area contributed by atoms with Gasteiger partial charge in [-0.2, -0.15) is 4.98 Å². The highest BCUT2D eigenvalue weighted by Crippen LogP contribution is 2.30. The second-order valence-electron chi connectivity index (χ2n) is 6.94. The molecule has 0 bridgehead atoms. The van der Waals surface area contributed by atoms with Crippen molar-refractivity contribution in [2.45, 2.75) is 26.2 Å². The first-order chi connectivity index (χ1) is 12.3. The average molecular weight is 354 g/mol. The molecule has 4 nitrogen and oxygen atoms in total. The van der Waals surface area contributed by atoms with Gasteiger partial charge in [0, 0.05) is 18.0 Å². The van der Waals surface area contributed by atoms with Gasteiger partial charge in [-0.15, -0.1) is 0 Å². The summed E-state index contributed by atoms with van der Waals surface area (Å²) in [4.78, 5) is 8.58. The lowest BCUT2D eigenvalue weighted by Crippen LogP contribution is -2.14. The third-order valence-corrected chi connectivity index (χ3v) is 3.83. The summed E-state index contributed by atoms with van der Waals surface area (Å²) < 4.78 is 26.8. The zero-order valence-electron chi connectivity index (χ0n) is 14.8. The summed E-state index contributed by atoms with van der Waals surface area (Å²) in [5.74, 6) is -0.524. The predicted octanol–water partition coefficient (Wildman–Crippen LogP) is 5.54. The van der Waals surface area contributed by atoms with Crippen LogP contribution in [0.4, 0.5) is 31.9 Å². The Morgan fingerprint density at radius 3 is 2.38 bits per heavy atom. The van der Waals surface area contributed by atoms with Crippen molar-refractivity contribution in [1.82, 2.24) is 9.97 Å². The molecule has 2 aromatic carbocycles. The largest absolute Gasteiger partial charge is 0.338 e. The molecule has 0 radical (unpaired) electrons. The van der Waals surface area contributed by atoms with Crippen molar-refractivity contribution >= 4 is 23.1 Å². The zero-order chi connectivity index (χ0) is 18.7. The second kappa shape index (κ2) is 7.07. The van der Waals surface area contributed by atoms with Crippen LogP contribution in [0.25, 0.3) is 0 Å². The number of rotatable bonds is 4. The highest BCUT2D eigenvalue weighted by atomic mass is 19.1. The number of para-hydroxylation sites is 1. The molecule has 26 heavy (non-hydrogen) atoms. The number of anilines is 4. The molecule has 1 aromatic heterocycles. The van der Waals surface area contributed by atoms with Gasteiger partial charge >= 0.3 is 0 Å². The van der Waals surface area contributed by atoms with Crippen LogP contribution in [-0.2, 0) is 5.41 Å². The Balaban J connectivity index is 1.85. The number of halogens is 2. The molecule has 6 heteroatoms. The first kappa shape index (κ1) is 17.8. The van der Waals surface area contributed by atoms with Crippen molar-refractivity contribution in [3.63, 3.8) is 0 Å². The highest BCUT2D eigenvalue weighted by molar-refractivity contribution is 5.63. The lowest BCUT2D eigenvalue weighted by molar-refractivity contribution is 0.586. The molecule has 1 heterocycles. The fourth-order valence-corrected chi connectivity index (χ4v) is 2.58. The van der Waals surface area contributed by atoms with E-state index in [0.717, 1.165) is 17.3 Å². The van der Waals surface area contributed by atoms with E-state index in [1.165, 1.54) is 12.1 Å². The Bertz CT molecular complexity index is 920. The summed E-state index contributed by atoms with van der Waals surface area (Å²) in [6.07, 6.45) is 1.57. The number of hydrogen-bond acceptors (Lipinski definition) is 4. The van der Waals surface area contributed by atoms with E-state index >= 15 is 0 Å². The van der Waals surface area contributed by atoms with Gasteiger partial charge in [-0.25, -0.2) is 13.8 Å². The van der Waals surface area contributed by atoms with Gasteiger partial charge in [0.25, 0.3) is 0 Å². The van der Waals surface area contributed by atoms with Crippen molar-refractivity contribution in [3.05, 3.63) is 71.9 Å². The Labute approximate surface area is 151 Å². The maximum atomic E-state index is 13.8. The van der Waals surface area contributed by atoms with Crippen LogP contribution in [0.5, 0.6) is 0 Å². The summed E-state index contributed by atoms with van der Waals surface area (Å²) in [5, 5.41) is 6.05. The molecular weight excluding hydrogens is 334 g/mol. The van der Waals surface area contributed by atoms with E-state index in [1.54, 1.807) is 12.3 Å². The molecule has 0 aliphatic carbocycles. The molecule has 0 amide bonds. The molecule has 3 aromatic rings. The monoisotopic (exact) mass is 354 g/mol. The third-order valence-electron chi connectivity index (χ3n) is 3.83. The van der Waals surface area contributed by atoms with E-state index in [0.29, 0.717) is 11.8 Å². The van der Waals surface area contributed by atoms with Crippen molar-refractivity contribution in [3.8, 4) is 0 Å². The van der Waals surface area contributed by atoms with E-state index in [4.69, 9.17) is 0 Å². The van der Waals surface area contributed by atoms with Gasteiger partial charge in [-0.3, -0.25) is 0 Å². The maximum Gasteiger partial charge on any atom is 0.229 e. The van der Waals surface area contributed by atoms with Crippen molar-refractivity contribution < 1.29 is 8.78 Å². The molecule has 0 spiro atoms. The SMILES string of the molecule is CC(C)(C)c1ccccc1Nc1nccc(Nc2ccc(F)cc2F)n1. The highest BCUT2D eigenvalue weighted by Gasteiger charge is 2.18. The Hall–Kier alpha value is -3.02. The summed E-state index contributed by atoms with van der Waals surface area (Å²) in [6.45, 7) is 6.39. The number of aromatic nitrogens is 2. The molecule has 134 valence electrons. The number of nitrogens with one attached hydrogen (secondary N) is 2. The van der Waals surface area contributed by atoms with Crippen LogP contribution < -0.4 is 10.6 Å². The number of benzene rings is 2. The lowest BCUT2D eigenvalue weighted by Gasteiger charge is -2.23. The van der Waals surface area contributed by atoms with E-state index in [9.17, 15) is 8.78 Å². The van der Waals surface area contributed by atoms with Crippen LogP contribution in [-0.4, -0.2) is 9.97 Å². The van der Waals surface area contributed by atoms with Gasteiger partial charge in [0.15, 0.2) is 0 Å². The van der Waals surface area contributed by atoms with Gasteiger partial charge in [0.05, 0.1) is 5.69 Å². The van der Waals surface area contributed by atoms with Crippen LogP contribution in [0.3, 0.4) is 0 Å². The molecule has 0 atom stereocenters. The Morgan fingerprint density at radius 1 is 0.885 bits per heavy atom. The third kappa shape index (κ3) is 4.14. The first-order valence-electron chi connectivity index (χ1n) is 8.24. The van der Waals surface area contributed by atoms with E-state index < -0.39 is 11.6 Å². The van der Waals surface area contributed by atoms with Crippen LogP contribution in [0.2, 0.25) is 0 Å². The smallest absolute Gasteiger partial charge is 0.229 e. The summed E-state index contributed by atoms with van der Waals surface area (Å²) in [6, 6.07) is 12.9. The first-order valence-corrected chi connectivity index (χ1v) is 8.24. The zero-order valence-corrected chi connectivity index (χ0v) is 14.8. The standard InChI is InChI=1S/C20H20F2N4/c1-20(2,3)14-6-4-5-7-16(14)25-19-23-11-10-18(26-19)24-17-9-8-13(21)12-15(17)22/h4-12H,1-3H3,(H2,23,24,25,26). The van der Waals surface area contributed by atoms with Crippen LogP contribution >= 0.6 is 0 Å². The molecule has 0 fully saturated rings. The van der Waals surface area contributed by atoms with Gasteiger partial charge in [-0.1, -0.05) is 39.0 Å². The predicted molar refractivity (Wildman–Crippen MR) is 100 cm³/mol. The second-order valence-corrected chi connectivity index (χ2v) is 6.94. The molecule has 2 N–H and O–H groups in total. The van der Waals surface area contributed by atoms with E-state index in [1.807, 2.05) is 18.2 Å². The van der Waals surface area contributed by atoms with Gasteiger partial charge < -0.3 is 10.6 Å². The maximum absolute atomic E-state index is 13.8. The molecule has 3 rings (SSSR count). The van der Waals surface area contributed by atoms with Crippen molar-refractivity contribution in [1.29, 1.82) is 0 Å². The molecule has 0 saturated carbocycles. The van der Waals surface area contributed by atoms with Crippen LogP contribution in [0, 0.1) is 11.6 Å². The molecular formula is C20H20F2N4. The topological polar surface area (TPSA) is 49.8 Å². The minimum absolute atomic E-state index is 0.0449. The molecule has 0 aliphatic heterocycles. The Morgan fingerprint density at radius 2 is 1.65 bits per heavy atom. The fourth-order valence-electron chi connectivity index (χ4n) is 2.58. The summed E-state index contributed by atoms with van der Waals surface area (Å²) in [7, 11) is 0. The van der Waals surface area contributed by atoms with Crippen molar-refractivity contribution in [2.24, 2.45) is 0 Å². The fraction of sp³-hybridized carbons (Fsp3) is 0.200. The lowest BCUT2D eigenvalue weighted by atomic mass is 9.86. The summed E-state index contributed by atoms with van der Waals surface area (Å²) >= 11 is 0.